The van der Waals surface area contributed by atoms with E-state index < -0.39 is 5.63 Å². The molecule has 0 saturated carbocycles. The van der Waals surface area contributed by atoms with Gasteiger partial charge in [0, 0.05) is 32.2 Å². The van der Waals surface area contributed by atoms with E-state index in [0.717, 1.165) is 21.5 Å². The predicted octanol–water partition coefficient (Wildman–Crippen LogP) is 6.44. The first kappa shape index (κ1) is 18.7. The highest BCUT2D eigenvalue weighted by Crippen LogP contribution is 2.32. The molecule has 2 aromatic heterocycles. The van der Waals surface area contributed by atoms with Crippen LogP contribution >= 0.6 is 23.1 Å². The summed E-state index contributed by atoms with van der Waals surface area (Å²) in [6, 6.07) is 24.9. The first-order valence-electron chi connectivity index (χ1n) is 9.22. The minimum atomic E-state index is -0.469. The SMILES string of the molecule is O=c1oc2cc(O)ccc2cc1-c1nc(-c2ccc(Sc3ccccc3)cc2)cs1. The molecular weight excluding hydrogens is 414 g/mol. The Morgan fingerprint density at radius 3 is 2.47 bits per heavy atom. The molecule has 0 saturated heterocycles. The largest absolute Gasteiger partial charge is 0.508 e. The summed E-state index contributed by atoms with van der Waals surface area (Å²) in [5, 5.41) is 12.9. The smallest absolute Gasteiger partial charge is 0.346 e. The lowest BCUT2D eigenvalue weighted by Gasteiger charge is -2.03. The van der Waals surface area contributed by atoms with Crippen LogP contribution < -0.4 is 5.63 Å². The lowest BCUT2D eigenvalue weighted by Crippen LogP contribution is -2.02. The van der Waals surface area contributed by atoms with Crippen molar-refractivity contribution in [2.75, 3.05) is 0 Å². The second-order valence-electron chi connectivity index (χ2n) is 6.65. The molecule has 0 aliphatic carbocycles. The summed E-state index contributed by atoms with van der Waals surface area (Å²) in [5.41, 5.74) is 2.11. The van der Waals surface area contributed by atoms with Crippen LogP contribution in [-0.2, 0) is 0 Å². The van der Waals surface area contributed by atoms with Crippen LogP contribution in [0.4, 0.5) is 0 Å². The fourth-order valence-corrected chi connectivity index (χ4v) is 4.77. The topological polar surface area (TPSA) is 63.3 Å². The van der Waals surface area contributed by atoms with Crippen molar-refractivity contribution < 1.29 is 9.52 Å². The Morgan fingerprint density at radius 1 is 0.900 bits per heavy atom. The first-order chi connectivity index (χ1) is 14.7. The molecule has 0 bridgehead atoms. The molecule has 0 atom stereocenters. The zero-order chi connectivity index (χ0) is 20.5. The fraction of sp³-hybridized carbons (Fsp3) is 0. The molecule has 0 radical (unpaired) electrons. The molecule has 0 fully saturated rings. The summed E-state index contributed by atoms with van der Waals surface area (Å²) in [6.45, 7) is 0. The van der Waals surface area contributed by atoms with Gasteiger partial charge in [0.05, 0.1) is 11.3 Å². The van der Waals surface area contributed by atoms with Crippen molar-refractivity contribution in [3.8, 4) is 27.6 Å². The number of aromatic hydroxyl groups is 1. The van der Waals surface area contributed by atoms with Gasteiger partial charge in [0.2, 0.25) is 0 Å². The summed E-state index contributed by atoms with van der Waals surface area (Å²) in [4.78, 5) is 19.4. The second-order valence-corrected chi connectivity index (χ2v) is 8.65. The maximum atomic E-state index is 12.4. The monoisotopic (exact) mass is 429 g/mol. The van der Waals surface area contributed by atoms with Crippen LogP contribution in [0.3, 0.4) is 0 Å². The van der Waals surface area contributed by atoms with Gasteiger partial charge in [-0.2, -0.15) is 0 Å². The molecule has 0 unspecified atom stereocenters. The van der Waals surface area contributed by atoms with Gasteiger partial charge < -0.3 is 9.52 Å². The van der Waals surface area contributed by atoms with Crippen LogP contribution in [-0.4, -0.2) is 10.1 Å². The quantitative estimate of drug-likeness (QED) is 0.333. The number of fused-ring (bicyclic) bond motifs is 1. The van der Waals surface area contributed by atoms with Crippen molar-refractivity contribution in [2.24, 2.45) is 0 Å². The summed E-state index contributed by atoms with van der Waals surface area (Å²) in [5.74, 6) is 0.0591. The predicted molar refractivity (Wildman–Crippen MR) is 121 cm³/mol. The molecular formula is C24H15NO3S2. The van der Waals surface area contributed by atoms with E-state index in [1.54, 1.807) is 30.0 Å². The Kier molecular flexibility index (Phi) is 4.86. The van der Waals surface area contributed by atoms with Crippen LogP contribution in [0.2, 0.25) is 0 Å². The standard InChI is InChI=1S/C24H15NO3S2/c26-17-9-6-16-12-20(24(27)28-22(16)13-17)23-25-21(14-29-23)15-7-10-19(11-8-15)30-18-4-2-1-3-5-18/h1-14,26H. The number of phenols is 1. The molecule has 146 valence electrons. The van der Waals surface area contributed by atoms with Crippen LogP contribution in [0.25, 0.3) is 32.8 Å². The summed E-state index contributed by atoms with van der Waals surface area (Å²) < 4.78 is 5.36. The number of hydrogen-bond acceptors (Lipinski definition) is 6. The Labute approximate surface area is 180 Å². The molecule has 0 aliphatic rings. The van der Waals surface area contributed by atoms with Gasteiger partial charge in [-0.05, 0) is 42.5 Å². The molecule has 30 heavy (non-hydrogen) atoms. The Bertz CT molecular complexity index is 1390. The minimum Gasteiger partial charge on any atom is -0.508 e. The van der Waals surface area contributed by atoms with Gasteiger partial charge in [-0.1, -0.05) is 42.1 Å². The van der Waals surface area contributed by atoms with Gasteiger partial charge in [-0.3, -0.25) is 0 Å². The highest BCUT2D eigenvalue weighted by atomic mass is 32.2. The van der Waals surface area contributed by atoms with Crippen molar-refractivity contribution in [3.05, 3.63) is 94.7 Å². The Morgan fingerprint density at radius 2 is 1.67 bits per heavy atom. The molecule has 4 nitrogen and oxygen atoms in total. The van der Waals surface area contributed by atoms with Crippen molar-refractivity contribution >= 4 is 34.1 Å². The Hall–Kier alpha value is -3.35. The molecule has 2 heterocycles. The van der Waals surface area contributed by atoms with Gasteiger partial charge in [0.25, 0.3) is 0 Å². The van der Waals surface area contributed by atoms with E-state index >= 15 is 0 Å². The number of benzene rings is 3. The van der Waals surface area contributed by atoms with Crippen LogP contribution in [0.5, 0.6) is 5.75 Å². The van der Waals surface area contributed by atoms with Crippen LogP contribution in [0.1, 0.15) is 0 Å². The van der Waals surface area contributed by atoms with E-state index in [9.17, 15) is 9.90 Å². The number of nitrogens with zero attached hydrogens (tertiary/aromatic N) is 1. The number of thiazole rings is 1. The van der Waals surface area contributed by atoms with Crippen molar-refractivity contribution in [3.63, 3.8) is 0 Å². The molecule has 1 N–H and O–H groups in total. The Balaban J connectivity index is 1.43. The molecule has 5 rings (SSSR count). The average molecular weight is 430 g/mol. The zero-order valence-electron chi connectivity index (χ0n) is 15.6. The summed E-state index contributed by atoms with van der Waals surface area (Å²) in [6.07, 6.45) is 0. The highest BCUT2D eigenvalue weighted by Gasteiger charge is 2.13. The first-order valence-corrected chi connectivity index (χ1v) is 10.9. The summed E-state index contributed by atoms with van der Waals surface area (Å²) >= 11 is 3.11. The van der Waals surface area contributed by atoms with E-state index in [-0.39, 0.29) is 5.75 Å². The van der Waals surface area contributed by atoms with Gasteiger partial charge in [0.15, 0.2) is 0 Å². The van der Waals surface area contributed by atoms with Gasteiger partial charge in [-0.25, -0.2) is 9.78 Å². The molecule has 3 aromatic carbocycles. The maximum Gasteiger partial charge on any atom is 0.346 e. The van der Waals surface area contributed by atoms with Crippen molar-refractivity contribution in [1.29, 1.82) is 0 Å². The van der Waals surface area contributed by atoms with Crippen molar-refractivity contribution in [2.45, 2.75) is 9.79 Å². The molecule has 0 aliphatic heterocycles. The highest BCUT2D eigenvalue weighted by molar-refractivity contribution is 7.99. The molecule has 5 aromatic rings. The fourth-order valence-electron chi connectivity index (χ4n) is 3.10. The lowest BCUT2D eigenvalue weighted by molar-refractivity contribution is 0.473. The number of rotatable bonds is 4. The number of phenolic OH excluding ortho intramolecular Hbond substituents is 1. The summed E-state index contributed by atoms with van der Waals surface area (Å²) in [7, 11) is 0. The normalized spacial score (nSPS) is 11.1. The zero-order valence-corrected chi connectivity index (χ0v) is 17.2. The van der Waals surface area contributed by atoms with E-state index in [1.165, 1.54) is 22.3 Å². The van der Waals surface area contributed by atoms with Crippen molar-refractivity contribution in [1.82, 2.24) is 4.98 Å². The lowest BCUT2D eigenvalue weighted by atomic mass is 10.1. The maximum absolute atomic E-state index is 12.4. The van der Waals surface area contributed by atoms with E-state index in [4.69, 9.17) is 4.42 Å². The molecule has 0 amide bonds. The minimum absolute atomic E-state index is 0.0591. The second kappa shape index (κ2) is 7.82. The van der Waals surface area contributed by atoms with E-state index in [0.29, 0.717) is 16.2 Å². The average Bonchev–Trinajstić information content (AvgIpc) is 3.24. The van der Waals surface area contributed by atoms with Gasteiger partial charge >= 0.3 is 5.63 Å². The van der Waals surface area contributed by atoms with Crippen LogP contribution in [0.15, 0.2) is 103 Å². The number of hydrogen-bond donors (Lipinski definition) is 1. The van der Waals surface area contributed by atoms with Gasteiger partial charge in [-0.15, -0.1) is 11.3 Å². The molecule has 6 heteroatoms. The molecule has 0 spiro atoms. The van der Waals surface area contributed by atoms with E-state index in [1.807, 2.05) is 35.7 Å². The third-order valence-corrected chi connectivity index (χ3v) is 6.47. The third-order valence-electron chi connectivity index (χ3n) is 4.58. The van der Waals surface area contributed by atoms with Crippen LogP contribution in [0, 0.1) is 0 Å². The third kappa shape index (κ3) is 3.75. The van der Waals surface area contributed by atoms with E-state index in [2.05, 4.69) is 29.2 Å². The number of aromatic nitrogens is 1. The van der Waals surface area contributed by atoms with Gasteiger partial charge in [0.1, 0.15) is 16.3 Å².